The normalized spacial score (nSPS) is 19.7. The Kier molecular flexibility index (Phi) is 5.96. The summed E-state index contributed by atoms with van der Waals surface area (Å²) in [5, 5.41) is 0. The molecule has 0 spiro atoms. The molecule has 23 heavy (non-hydrogen) atoms. The minimum absolute atomic E-state index is 0.00420. The summed E-state index contributed by atoms with van der Waals surface area (Å²) in [6, 6.07) is 8.08. The summed E-state index contributed by atoms with van der Waals surface area (Å²) in [4.78, 5) is 14.3. The Bertz CT molecular complexity index is 668. The molecule has 1 N–H and O–H groups in total. The highest BCUT2D eigenvalue weighted by Gasteiger charge is 2.27. The van der Waals surface area contributed by atoms with Gasteiger partial charge in [-0.1, -0.05) is 31.2 Å². The van der Waals surface area contributed by atoms with Crippen LogP contribution in [0.25, 0.3) is 0 Å². The second-order valence-electron chi connectivity index (χ2n) is 5.82. The van der Waals surface area contributed by atoms with Gasteiger partial charge < -0.3 is 4.90 Å². The number of rotatable bonds is 5. The van der Waals surface area contributed by atoms with Gasteiger partial charge in [0.2, 0.25) is 15.9 Å². The molecule has 1 heterocycles. The van der Waals surface area contributed by atoms with E-state index in [2.05, 4.69) is 4.72 Å². The molecule has 0 aliphatic carbocycles. The quantitative estimate of drug-likeness (QED) is 0.839. The van der Waals surface area contributed by atoms with Crippen molar-refractivity contribution in [1.82, 2.24) is 9.62 Å². The fraction of sp³-hybridized carbons (Fsp3) is 0.471. The van der Waals surface area contributed by atoms with E-state index in [1.807, 2.05) is 19.9 Å². The Morgan fingerprint density at radius 2 is 2.04 bits per heavy atom. The third-order valence-electron chi connectivity index (χ3n) is 3.93. The van der Waals surface area contributed by atoms with Crippen molar-refractivity contribution in [3.05, 3.63) is 42.0 Å². The van der Waals surface area contributed by atoms with Crippen LogP contribution < -0.4 is 4.72 Å². The minimum atomic E-state index is -3.54. The molecule has 1 saturated heterocycles. The van der Waals surface area contributed by atoms with Gasteiger partial charge in [0.1, 0.15) is 0 Å². The van der Waals surface area contributed by atoms with E-state index in [0.29, 0.717) is 13.1 Å². The van der Waals surface area contributed by atoms with Crippen LogP contribution in [0.1, 0.15) is 33.1 Å². The molecule has 5 nitrogen and oxygen atoms in total. The average Bonchev–Trinajstić information content (AvgIpc) is 2.55. The van der Waals surface area contributed by atoms with E-state index < -0.39 is 10.0 Å². The molecule has 126 valence electrons. The van der Waals surface area contributed by atoms with Gasteiger partial charge in [-0.25, -0.2) is 13.1 Å². The van der Waals surface area contributed by atoms with Gasteiger partial charge >= 0.3 is 0 Å². The first kappa shape index (κ1) is 17.7. The molecule has 1 aliphatic heterocycles. The average molecular weight is 336 g/mol. The zero-order chi connectivity index (χ0) is 16.9. The van der Waals surface area contributed by atoms with E-state index in [4.69, 9.17) is 0 Å². The standard InChI is InChI=1S/C17H24N2O3S/c1-3-8-14(2)17(20)19-12-7-9-15(13-19)18-23(21,22)16-10-5-4-6-11-16/h4-6,8,10-11,15,18H,3,7,9,12-13H2,1-2H3/b14-8-/t15-/m1/s1. The predicted octanol–water partition coefficient (Wildman–Crippen LogP) is 2.31. The summed E-state index contributed by atoms with van der Waals surface area (Å²) in [5.74, 6) is -0.00420. The number of sulfonamides is 1. The van der Waals surface area contributed by atoms with E-state index in [1.54, 1.807) is 35.2 Å². The molecule has 0 unspecified atom stereocenters. The lowest BCUT2D eigenvalue weighted by Gasteiger charge is -2.33. The fourth-order valence-electron chi connectivity index (χ4n) is 2.79. The maximum absolute atomic E-state index is 12.4. The SMILES string of the molecule is CC/C=C(/C)C(=O)N1CCC[C@@H](NS(=O)(=O)c2ccccc2)C1. The van der Waals surface area contributed by atoms with Crippen LogP contribution in [0, 0.1) is 0 Å². The second kappa shape index (κ2) is 7.75. The number of nitrogens with one attached hydrogen (secondary N) is 1. The lowest BCUT2D eigenvalue weighted by atomic mass is 10.1. The first-order chi connectivity index (χ1) is 10.9. The van der Waals surface area contributed by atoms with Crippen molar-refractivity contribution >= 4 is 15.9 Å². The maximum Gasteiger partial charge on any atom is 0.249 e. The molecule has 1 aromatic carbocycles. The van der Waals surface area contributed by atoms with Crippen LogP contribution >= 0.6 is 0 Å². The van der Waals surface area contributed by atoms with Gasteiger partial charge in [-0.3, -0.25) is 4.79 Å². The van der Waals surface area contributed by atoms with Gasteiger partial charge in [0.25, 0.3) is 0 Å². The summed E-state index contributed by atoms with van der Waals surface area (Å²) >= 11 is 0. The number of benzene rings is 1. The third-order valence-corrected chi connectivity index (χ3v) is 5.47. The smallest absolute Gasteiger partial charge is 0.249 e. The van der Waals surface area contributed by atoms with Gasteiger partial charge in [0.05, 0.1) is 4.90 Å². The Morgan fingerprint density at radius 1 is 1.35 bits per heavy atom. The molecule has 1 fully saturated rings. The zero-order valence-corrected chi connectivity index (χ0v) is 14.5. The largest absolute Gasteiger partial charge is 0.337 e. The molecule has 1 atom stereocenters. The predicted molar refractivity (Wildman–Crippen MR) is 90.4 cm³/mol. The number of allylic oxidation sites excluding steroid dienone is 1. The van der Waals surface area contributed by atoms with Gasteiger partial charge in [0.15, 0.2) is 0 Å². The number of hydrogen-bond donors (Lipinski definition) is 1. The topological polar surface area (TPSA) is 66.5 Å². The van der Waals surface area contributed by atoms with Crippen molar-refractivity contribution in [3.8, 4) is 0 Å². The van der Waals surface area contributed by atoms with Crippen molar-refractivity contribution in [2.75, 3.05) is 13.1 Å². The molecule has 0 saturated carbocycles. The Balaban J connectivity index is 2.05. The molecule has 0 radical (unpaired) electrons. The minimum Gasteiger partial charge on any atom is -0.337 e. The molecule has 1 amide bonds. The van der Waals surface area contributed by atoms with E-state index in [1.165, 1.54) is 0 Å². The van der Waals surface area contributed by atoms with Gasteiger partial charge in [-0.15, -0.1) is 0 Å². The van der Waals surface area contributed by atoms with E-state index in [9.17, 15) is 13.2 Å². The van der Waals surface area contributed by atoms with Gasteiger partial charge in [0, 0.05) is 24.7 Å². The van der Waals surface area contributed by atoms with E-state index in [-0.39, 0.29) is 16.8 Å². The number of piperidine rings is 1. The third kappa shape index (κ3) is 4.65. The van der Waals surface area contributed by atoms with Crippen molar-refractivity contribution in [3.63, 3.8) is 0 Å². The molecule has 2 rings (SSSR count). The second-order valence-corrected chi connectivity index (χ2v) is 7.53. The lowest BCUT2D eigenvalue weighted by molar-refractivity contribution is -0.128. The first-order valence-corrected chi connectivity index (χ1v) is 9.45. The summed E-state index contributed by atoms with van der Waals surface area (Å²) < 4.78 is 27.5. The molecule has 1 aromatic rings. The summed E-state index contributed by atoms with van der Waals surface area (Å²) in [6.07, 6.45) is 4.26. The number of carbonyl (C=O) groups excluding carboxylic acids is 1. The van der Waals surface area contributed by atoms with Crippen LogP contribution in [-0.4, -0.2) is 38.4 Å². The number of hydrogen-bond acceptors (Lipinski definition) is 3. The summed E-state index contributed by atoms with van der Waals surface area (Å²) in [5.41, 5.74) is 0.721. The molecular weight excluding hydrogens is 312 g/mol. The monoisotopic (exact) mass is 336 g/mol. The van der Waals surface area contributed by atoms with Crippen LogP contribution in [0.15, 0.2) is 46.9 Å². The number of amides is 1. The lowest BCUT2D eigenvalue weighted by Crippen LogP contribution is -2.49. The van der Waals surface area contributed by atoms with Crippen LogP contribution in [0.3, 0.4) is 0 Å². The fourth-order valence-corrected chi connectivity index (χ4v) is 4.07. The number of carbonyl (C=O) groups is 1. The Hall–Kier alpha value is -1.66. The zero-order valence-electron chi connectivity index (χ0n) is 13.7. The maximum atomic E-state index is 12.4. The highest BCUT2D eigenvalue weighted by Crippen LogP contribution is 2.16. The molecule has 1 aliphatic rings. The summed E-state index contributed by atoms with van der Waals surface area (Å²) in [6.45, 7) is 4.89. The molecule has 6 heteroatoms. The highest BCUT2D eigenvalue weighted by molar-refractivity contribution is 7.89. The molecule has 0 aromatic heterocycles. The highest BCUT2D eigenvalue weighted by atomic mass is 32.2. The molecule has 0 bridgehead atoms. The van der Waals surface area contributed by atoms with Crippen molar-refractivity contribution < 1.29 is 13.2 Å². The first-order valence-electron chi connectivity index (χ1n) is 7.97. The van der Waals surface area contributed by atoms with Crippen LogP contribution in [0.2, 0.25) is 0 Å². The van der Waals surface area contributed by atoms with Crippen LogP contribution in [0.5, 0.6) is 0 Å². The molecular formula is C17H24N2O3S. The van der Waals surface area contributed by atoms with Crippen molar-refractivity contribution in [1.29, 1.82) is 0 Å². The summed E-state index contributed by atoms with van der Waals surface area (Å²) in [7, 11) is -3.54. The van der Waals surface area contributed by atoms with Gasteiger partial charge in [-0.05, 0) is 38.3 Å². The van der Waals surface area contributed by atoms with E-state index >= 15 is 0 Å². The Morgan fingerprint density at radius 3 is 2.70 bits per heavy atom. The van der Waals surface area contributed by atoms with Crippen molar-refractivity contribution in [2.24, 2.45) is 0 Å². The van der Waals surface area contributed by atoms with E-state index in [0.717, 1.165) is 24.8 Å². The Labute approximate surface area is 138 Å². The van der Waals surface area contributed by atoms with Gasteiger partial charge in [-0.2, -0.15) is 0 Å². The van der Waals surface area contributed by atoms with Crippen LogP contribution in [0.4, 0.5) is 0 Å². The van der Waals surface area contributed by atoms with Crippen LogP contribution in [-0.2, 0) is 14.8 Å². The van der Waals surface area contributed by atoms with Crippen molar-refractivity contribution in [2.45, 2.75) is 44.0 Å². The number of nitrogens with zero attached hydrogens (tertiary/aromatic N) is 1. The number of likely N-dealkylation sites (tertiary alicyclic amines) is 1.